The van der Waals surface area contributed by atoms with Gasteiger partial charge in [0.25, 0.3) is 5.56 Å². The van der Waals surface area contributed by atoms with E-state index in [1.165, 1.54) is 5.56 Å². The van der Waals surface area contributed by atoms with Crippen molar-refractivity contribution in [2.45, 2.75) is 44.9 Å². The molecule has 1 N–H and O–H groups in total. The van der Waals surface area contributed by atoms with Crippen LogP contribution in [0.4, 0.5) is 0 Å². The Morgan fingerprint density at radius 2 is 2.15 bits per heavy atom. The van der Waals surface area contributed by atoms with E-state index in [0.717, 1.165) is 49.0 Å². The molecule has 1 fully saturated rings. The molecule has 3 rings (SSSR count). The maximum absolute atomic E-state index is 12.2. The Labute approximate surface area is 159 Å². The van der Waals surface area contributed by atoms with Crippen LogP contribution in [0.1, 0.15) is 30.4 Å². The fourth-order valence-electron chi connectivity index (χ4n) is 3.16. The summed E-state index contributed by atoms with van der Waals surface area (Å²) in [6, 6.07) is 9.90. The summed E-state index contributed by atoms with van der Waals surface area (Å²) in [5, 5.41) is 4.04. The molecule has 2 aromatic rings. The van der Waals surface area contributed by atoms with Crippen LogP contribution in [-0.4, -0.2) is 33.8 Å². The number of aryl methyl sites for hydroxylation is 2. The Hall–Kier alpha value is -1.79. The molecule has 0 aliphatic carbocycles. The molecule has 0 saturated carbocycles. The largest absolute Gasteiger partial charge is 0.492 e. The predicted octanol–water partition coefficient (Wildman–Crippen LogP) is 2.79. The molecule has 0 amide bonds. The first kappa shape index (κ1) is 19.0. The monoisotopic (exact) mass is 373 g/mol. The van der Waals surface area contributed by atoms with Crippen LogP contribution in [0.5, 0.6) is 5.75 Å². The van der Waals surface area contributed by atoms with Crippen LogP contribution in [0.3, 0.4) is 0 Å². The van der Waals surface area contributed by atoms with Gasteiger partial charge in [-0.25, -0.2) is 4.98 Å². The summed E-state index contributed by atoms with van der Waals surface area (Å²) >= 11 is 1.98. The molecule has 1 saturated heterocycles. The van der Waals surface area contributed by atoms with Crippen molar-refractivity contribution in [3.63, 3.8) is 0 Å². The summed E-state index contributed by atoms with van der Waals surface area (Å²) in [6.07, 6.45) is 2.86. The van der Waals surface area contributed by atoms with E-state index in [-0.39, 0.29) is 5.56 Å². The van der Waals surface area contributed by atoms with Crippen molar-refractivity contribution in [3.8, 4) is 5.75 Å². The Balaban J connectivity index is 1.55. The van der Waals surface area contributed by atoms with Gasteiger partial charge in [0, 0.05) is 35.9 Å². The molecule has 0 radical (unpaired) electrons. The third-order valence-electron chi connectivity index (χ3n) is 4.45. The minimum absolute atomic E-state index is 0.00238. The Bertz CT molecular complexity index is 768. The lowest BCUT2D eigenvalue weighted by molar-refractivity contribution is 0.293. The van der Waals surface area contributed by atoms with Crippen LogP contribution in [0.15, 0.2) is 35.1 Å². The molecule has 1 aliphatic heterocycles. The third-order valence-corrected chi connectivity index (χ3v) is 5.63. The van der Waals surface area contributed by atoms with Crippen molar-refractivity contribution in [2.75, 3.05) is 19.0 Å². The molecule has 2 heterocycles. The van der Waals surface area contributed by atoms with E-state index >= 15 is 0 Å². The van der Waals surface area contributed by atoms with Crippen molar-refractivity contribution < 1.29 is 4.74 Å². The molecule has 1 unspecified atom stereocenters. The summed E-state index contributed by atoms with van der Waals surface area (Å²) < 4.78 is 7.58. The highest BCUT2D eigenvalue weighted by molar-refractivity contribution is 8.00. The highest BCUT2D eigenvalue weighted by Crippen LogP contribution is 2.21. The number of rotatable bonds is 8. The number of aromatic nitrogens is 2. The maximum atomic E-state index is 12.2. The highest BCUT2D eigenvalue weighted by Gasteiger charge is 2.15. The van der Waals surface area contributed by atoms with E-state index in [4.69, 9.17) is 4.74 Å². The second-order valence-corrected chi connectivity index (χ2v) is 7.93. The van der Waals surface area contributed by atoms with Gasteiger partial charge in [-0.2, -0.15) is 0 Å². The first-order valence-electron chi connectivity index (χ1n) is 9.27. The Morgan fingerprint density at radius 1 is 1.35 bits per heavy atom. The second kappa shape index (κ2) is 9.24. The summed E-state index contributed by atoms with van der Waals surface area (Å²) in [4.78, 5) is 16.8. The van der Waals surface area contributed by atoms with Crippen molar-refractivity contribution >= 4 is 11.8 Å². The summed E-state index contributed by atoms with van der Waals surface area (Å²) in [7, 11) is 0. The lowest BCUT2D eigenvalue weighted by Gasteiger charge is -2.13. The van der Waals surface area contributed by atoms with E-state index in [9.17, 15) is 4.79 Å². The number of hydrogen-bond acceptors (Lipinski definition) is 5. The van der Waals surface area contributed by atoms with E-state index in [0.29, 0.717) is 18.4 Å². The number of ether oxygens (including phenoxy) is 1. The van der Waals surface area contributed by atoms with Gasteiger partial charge in [-0.1, -0.05) is 19.1 Å². The lowest BCUT2D eigenvalue weighted by atomic mass is 10.1. The standard InChI is InChI=1S/C20H27N3O2S/c1-3-4-19-22-15(2)11-20(24)23(19)9-10-25-17-7-5-16(6-8-17)12-18-13-21-14-26-18/h5-8,11,18,21H,3-4,9-10,12-14H2,1-2H3. The molecule has 1 aliphatic rings. The fourth-order valence-corrected chi connectivity index (χ4v) is 4.18. The van der Waals surface area contributed by atoms with Crippen molar-refractivity contribution in [1.82, 2.24) is 14.9 Å². The van der Waals surface area contributed by atoms with Gasteiger partial charge >= 0.3 is 0 Å². The number of nitrogens with one attached hydrogen (secondary N) is 1. The van der Waals surface area contributed by atoms with Gasteiger partial charge in [0.05, 0.1) is 6.54 Å². The van der Waals surface area contributed by atoms with Crippen LogP contribution in [0, 0.1) is 6.92 Å². The highest BCUT2D eigenvalue weighted by atomic mass is 32.2. The zero-order chi connectivity index (χ0) is 18.4. The minimum Gasteiger partial charge on any atom is -0.492 e. The van der Waals surface area contributed by atoms with Crippen LogP contribution in [-0.2, 0) is 19.4 Å². The van der Waals surface area contributed by atoms with Gasteiger partial charge < -0.3 is 10.1 Å². The molecular weight excluding hydrogens is 346 g/mol. The van der Waals surface area contributed by atoms with Crippen molar-refractivity contribution in [1.29, 1.82) is 0 Å². The van der Waals surface area contributed by atoms with Gasteiger partial charge in [0.2, 0.25) is 0 Å². The average molecular weight is 374 g/mol. The van der Waals surface area contributed by atoms with E-state index in [2.05, 4.69) is 29.4 Å². The number of nitrogens with zero attached hydrogens (tertiary/aromatic N) is 2. The summed E-state index contributed by atoms with van der Waals surface area (Å²) in [5.74, 6) is 2.74. The normalized spacial score (nSPS) is 16.8. The maximum Gasteiger partial charge on any atom is 0.253 e. The molecule has 0 bridgehead atoms. The average Bonchev–Trinajstić information content (AvgIpc) is 3.12. The smallest absolute Gasteiger partial charge is 0.253 e. The van der Waals surface area contributed by atoms with Crippen molar-refractivity contribution in [3.05, 3.63) is 57.8 Å². The van der Waals surface area contributed by atoms with Crippen LogP contribution >= 0.6 is 11.8 Å². The first-order valence-corrected chi connectivity index (χ1v) is 10.3. The van der Waals surface area contributed by atoms with E-state index in [1.54, 1.807) is 10.6 Å². The summed E-state index contributed by atoms with van der Waals surface area (Å²) in [6.45, 7) is 6.03. The molecule has 140 valence electrons. The van der Waals surface area contributed by atoms with Gasteiger partial charge in [-0.3, -0.25) is 9.36 Å². The van der Waals surface area contributed by atoms with E-state index < -0.39 is 0 Å². The Kier molecular flexibility index (Phi) is 6.74. The van der Waals surface area contributed by atoms with Crippen LogP contribution in [0.25, 0.3) is 0 Å². The molecule has 26 heavy (non-hydrogen) atoms. The predicted molar refractivity (Wildman–Crippen MR) is 107 cm³/mol. The van der Waals surface area contributed by atoms with Crippen molar-refractivity contribution in [2.24, 2.45) is 0 Å². The quantitative estimate of drug-likeness (QED) is 0.771. The van der Waals surface area contributed by atoms with Gasteiger partial charge in [-0.15, -0.1) is 11.8 Å². The van der Waals surface area contributed by atoms with Gasteiger partial charge in [0.15, 0.2) is 0 Å². The SMILES string of the molecule is CCCc1nc(C)cc(=O)n1CCOc1ccc(CC2CNCS2)cc1. The molecular formula is C20H27N3O2S. The van der Waals surface area contributed by atoms with Gasteiger partial charge in [0.1, 0.15) is 18.2 Å². The Morgan fingerprint density at radius 3 is 2.85 bits per heavy atom. The second-order valence-electron chi connectivity index (χ2n) is 6.64. The number of thioether (sulfide) groups is 1. The summed E-state index contributed by atoms with van der Waals surface area (Å²) in [5.41, 5.74) is 2.12. The molecule has 6 heteroatoms. The van der Waals surface area contributed by atoms with E-state index in [1.807, 2.05) is 30.8 Å². The molecule has 0 spiro atoms. The zero-order valence-corrected chi connectivity index (χ0v) is 16.3. The molecule has 1 aromatic carbocycles. The molecule has 1 atom stereocenters. The zero-order valence-electron chi connectivity index (χ0n) is 15.5. The molecule has 5 nitrogen and oxygen atoms in total. The van der Waals surface area contributed by atoms with Crippen LogP contribution < -0.4 is 15.6 Å². The fraction of sp³-hybridized carbons (Fsp3) is 0.500. The third kappa shape index (κ3) is 5.11. The topological polar surface area (TPSA) is 56.2 Å². The molecule has 1 aromatic heterocycles. The number of benzene rings is 1. The van der Waals surface area contributed by atoms with Crippen LogP contribution in [0.2, 0.25) is 0 Å². The number of hydrogen-bond donors (Lipinski definition) is 1. The van der Waals surface area contributed by atoms with Gasteiger partial charge in [-0.05, 0) is 37.5 Å². The minimum atomic E-state index is 0.00238. The lowest BCUT2D eigenvalue weighted by Crippen LogP contribution is -2.27. The first-order chi connectivity index (χ1) is 12.7.